The molecule has 21 heavy (non-hydrogen) atoms. The molecule has 2 N–H and O–H groups in total. The summed E-state index contributed by atoms with van der Waals surface area (Å²) in [5.74, 6) is 0.929. The largest absolute Gasteiger partial charge is 0.491 e. The van der Waals surface area contributed by atoms with Gasteiger partial charge in [0.15, 0.2) is 0 Å². The summed E-state index contributed by atoms with van der Waals surface area (Å²) in [4.78, 5) is 0. The van der Waals surface area contributed by atoms with Crippen LogP contribution in [0.2, 0.25) is 0 Å². The van der Waals surface area contributed by atoms with Crippen LogP contribution < -0.4 is 10.5 Å². The van der Waals surface area contributed by atoms with Crippen LogP contribution in [0.1, 0.15) is 66.9 Å². The summed E-state index contributed by atoms with van der Waals surface area (Å²) >= 11 is 0. The van der Waals surface area contributed by atoms with Gasteiger partial charge in [0.2, 0.25) is 0 Å². The van der Waals surface area contributed by atoms with Gasteiger partial charge in [0.05, 0.1) is 6.10 Å². The molecule has 0 bridgehead atoms. The normalized spacial score (nSPS) is 15.6. The average Bonchev–Trinajstić information content (AvgIpc) is 2.24. The van der Waals surface area contributed by atoms with Gasteiger partial charge in [-0.2, -0.15) is 0 Å². The first kappa shape index (κ1) is 18.0. The molecule has 0 aliphatic heterocycles. The molecule has 2 heteroatoms. The third-order valence-corrected chi connectivity index (χ3v) is 3.65. The van der Waals surface area contributed by atoms with Crippen LogP contribution in [-0.4, -0.2) is 12.1 Å². The molecule has 0 aliphatic rings. The minimum atomic E-state index is 0.151. The Kier molecular flexibility index (Phi) is 5.86. The number of nitrogens with two attached hydrogens (primary N) is 1. The van der Waals surface area contributed by atoms with E-state index < -0.39 is 0 Å². The molecule has 0 radical (unpaired) electrons. The van der Waals surface area contributed by atoms with E-state index in [1.165, 1.54) is 5.56 Å². The van der Waals surface area contributed by atoms with Crippen LogP contribution in [0.25, 0.3) is 0 Å². The van der Waals surface area contributed by atoms with Gasteiger partial charge >= 0.3 is 0 Å². The Balaban J connectivity index is 2.73. The monoisotopic (exact) mass is 291 g/mol. The highest BCUT2D eigenvalue weighted by molar-refractivity contribution is 5.32. The molecular formula is C19H33NO. The van der Waals surface area contributed by atoms with E-state index in [4.69, 9.17) is 10.5 Å². The fraction of sp³-hybridized carbons (Fsp3) is 0.684. The van der Waals surface area contributed by atoms with E-state index in [9.17, 15) is 0 Å². The van der Waals surface area contributed by atoms with Crippen LogP contribution in [-0.2, 0) is 5.41 Å². The molecule has 0 fully saturated rings. The van der Waals surface area contributed by atoms with Crippen molar-refractivity contribution in [1.29, 1.82) is 0 Å². The molecule has 2 nitrogen and oxygen atoms in total. The molecule has 0 saturated carbocycles. The van der Waals surface area contributed by atoms with E-state index in [2.05, 4.69) is 65.8 Å². The van der Waals surface area contributed by atoms with Gasteiger partial charge in [-0.15, -0.1) is 0 Å². The Labute approximate surface area is 131 Å². The molecule has 2 unspecified atom stereocenters. The van der Waals surface area contributed by atoms with Gasteiger partial charge in [-0.25, -0.2) is 0 Å². The van der Waals surface area contributed by atoms with E-state index in [0.717, 1.165) is 18.6 Å². The first-order valence-electron chi connectivity index (χ1n) is 8.02. The third kappa shape index (κ3) is 6.52. The summed E-state index contributed by atoms with van der Waals surface area (Å²) in [7, 11) is 0. The SMILES string of the molecule is CC(N)CC(C)Oc1ccc(C(C)(C)CC(C)(C)C)cc1. The van der Waals surface area contributed by atoms with Crippen LogP contribution >= 0.6 is 0 Å². The molecule has 1 aromatic carbocycles. The number of rotatable bonds is 6. The summed E-state index contributed by atoms with van der Waals surface area (Å²) in [6, 6.07) is 8.72. The van der Waals surface area contributed by atoms with Crippen molar-refractivity contribution in [3.63, 3.8) is 0 Å². The lowest BCUT2D eigenvalue weighted by atomic mass is 9.72. The molecule has 1 aromatic rings. The van der Waals surface area contributed by atoms with Gasteiger partial charge in [-0.05, 0) is 55.2 Å². The van der Waals surface area contributed by atoms with Crippen LogP contribution in [0.3, 0.4) is 0 Å². The van der Waals surface area contributed by atoms with E-state index in [1.54, 1.807) is 0 Å². The molecule has 120 valence electrons. The summed E-state index contributed by atoms with van der Waals surface area (Å²) < 4.78 is 5.91. The number of hydrogen-bond acceptors (Lipinski definition) is 2. The first-order chi connectivity index (χ1) is 9.49. The summed E-state index contributed by atoms with van der Waals surface area (Å²) in [5, 5.41) is 0. The molecular weight excluding hydrogens is 258 g/mol. The summed E-state index contributed by atoms with van der Waals surface area (Å²) in [5.41, 5.74) is 7.67. The van der Waals surface area contributed by atoms with Crippen molar-refractivity contribution >= 4 is 0 Å². The number of hydrogen-bond donors (Lipinski definition) is 1. The third-order valence-electron chi connectivity index (χ3n) is 3.65. The molecule has 0 aliphatic carbocycles. The second-order valence-electron chi connectivity index (χ2n) is 8.29. The van der Waals surface area contributed by atoms with Gasteiger partial charge in [-0.1, -0.05) is 46.8 Å². The molecule has 0 amide bonds. The zero-order chi connectivity index (χ0) is 16.3. The lowest BCUT2D eigenvalue weighted by molar-refractivity contribution is 0.203. The molecule has 0 aromatic heterocycles. The Morgan fingerprint density at radius 3 is 1.95 bits per heavy atom. The second kappa shape index (κ2) is 6.83. The van der Waals surface area contributed by atoms with Crippen molar-refractivity contribution < 1.29 is 4.74 Å². The van der Waals surface area contributed by atoms with E-state index in [-0.39, 0.29) is 17.6 Å². The van der Waals surface area contributed by atoms with Crippen molar-refractivity contribution in [2.24, 2.45) is 11.1 Å². The van der Waals surface area contributed by atoms with Gasteiger partial charge < -0.3 is 10.5 Å². The van der Waals surface area contributed by atoms with Gasteiger partial charge in [0.25, 0.3) is 0 Å². The molecule has 2 atom stereocenters. The first-order valence-corrected chi connectivity index (χ1v) is 8.02. The number of ether oxygens (including phenoxy) is 1. The van der Waals surface area contributed by atoms with Crippen molar-refractivity contribution in [3.05, 3.63) is 29.8 Å². The molecule has 0 spiro atoms. The average molecular weight is 291 g/mol. The van der Waals surface area contributed by atoms with Gasteiger partial charge in [0.1, 0.15) is 5.75 Å². The van der Waals surface area contributed by atoms with E-state index in [1.807, 2.05) is 6.92 Å². The maximum absolute atomic E-state index is 5.91. The van der Waals surface area contributed by atoms with Crippen molar-refractivity contribution in [3.8, 4) is 5.75 Å². The zero-order valence-electron chi connectivity index (χ0n) is 14.9. The Morgan fingerprint density at radius 1 is 1.00 bits per heavy atom. The highest BCUT2D eigenvalue weighted by atomic mass is 16.5. The lowest BCUT2D eigenvalue weighted by Gasteiger charge is -2.33. The molecule has 0 heterocycles. The fourth-order valence-corrected chi connectivity index (χ4v) is 3.22. The van der Waals surface area contributed by atoms with Crippen LogP contribution in [0.4, 0.5) is 0 Å². The van der Waals surface area contributed by atoms with E-state index in [0.29, 0.717) is 5.41 Å². The van der Waals surface area contributed by atoms with Crippen LogP contribution in [0.15, 0.2) is 24.3 Å². The molecule has 1 rings (SSSR count). The summed E-state index contributed by atoms with van der Waals surface area (Å²) in [6.45, 7) is 15.6. The Bertz CT molecular complexity index is 426. The summed E-state index contributed by atoms with van der Waals surface area (Å²) in [6.07, 6.45) is 2.18. The van der Waals surface area contributed by atoms with Crippen molar-refractivity contribution in [2.75, 3.05) is 0 Å². The lowest BCUT2D eigenvalue weighted by Crippen LogP contribution is -2.25. The quantitative estimate of drug-likeness (QED) is 0.808. The Morgan fingerprint density at radius 2 is 1.52 bits per heavy atom. The topological polar surface area (TPSA) is 35.2 Å². The zero-order valence-corrected chi connectivity index (χ0v) is 14.9. The standard InChI is InChI=1S/C19H33NO/c1-14(20)12-15(2)21-17-10-8-16(9-11-17)19(6,7)13-18(3,4)5/h8-11,14-15H,12-13,20H2,1-7H3. The molecule has 0 saturated heterocycles. The van der Waals surface area contributed by atoms with Gasteiger partial charge in [0, 0.05) is 6.04 Å². The smallest absolute Gasteiger partial charge is 0.119 e. The van der Waals surface area contributed by atoms with Crippen molar-refractivity contribution in [2.45, 2.75) is 78.9 Å². The Hall–Kier alpha value is -1.02. The van der Waals surface area contributed by atoms with E-state index >= 15 is 0 Å². The highest BCUT2D eigenvalue weighted by Gasteiger charge is 2.27. The second-order valence-corrected chi connectivity index (χ2v) is 8.29. The highest BCUT2D eigenvalue weighted by Crippen LogP contribution is 2.36. The van der Waals surface area contributed by atoms with Crippen molar-refractivity contribution in [1.82, 2.24) is 0 Å². The fourth-order valence-electron chi connectivity index (χ4n) is 3.22. The van der Waals surface area contributed by atoms with Gasteiger partial charge in [-0.3, -0.25) is 0 Å². The predicted octanol–water partition coefficient (Wildman–Crippen LogP) is 4.91. The minimum absolute atomic E-state index is 0.151. The van der Waals surface area contributed by atoms with Crippen LogP contribution in [0.5, 0.6) is 5.75 Å². The maximum Gasteiger partial charge on any atom is 0.119 e. The number of benzene rings is 1. The predicted molar refractivity (Wildman–Crippen MR) is 91.9 cm³/mol. The van der Waals surface area contributed by atoms with Crippen LogP contribution in [0, 0.1) is 5.41 Å². The minimum Gasteiger partial charge on any atom is -0.491 e. The maximum atomic E-state index is 5.91.